The highest BCUT2D eigenvalue weighted by molar-refractivity contribution is 7.93. The third kappa shape index (κ3) is 3.52. The maximum Gasteiger partial charge on any atom is 0.516 e. The molecule has 10 heteroatoms. The molecule has 0 spiro atoms. The molecule has 1 heterocycles. The predicted molar refractivity (Wildman–Crippen MR) is 79.7 cm³/mol. The lowest BCUT2D eigenvalue weighted by molar-refractivity contribution is -0.110. The fourth-order valence-electron chi connectivity index (χ4n) is 1.77. The number of hydrogen-bond acceptors (Lipinski definition) is 4. The molecule has 0 aromatic heterocycles. The van der Waals surface area contributed by atoms with E-state index in [1.807, 2.05) is 0 Å². The van der Waals surface area contributed by atoms with E-state index in [1.165, 1.54) is 30.0 Å². The molecule has 0 saturated heterocycles. The van der Waals surface area contributed by atoms with Gasteiger partial charge in [0.05, 0.1) is 5.69 Å². The summed E-state index contributed by atoms with van der Waals surface area (Å²) < 4.78 is 61.3. The van der Waals surface area contributed by atoms with Gasteiger partial charge in [0, 0.05) is 11.9 Å². The molecular weight excluding hydrogens is 335 g/mol. The van der Waals surface area contributed by atoms with E-state index in [1.54, 1.807) is 6.92 Å². The second-order valence-corrected chi connectivity index (χ2v) is 6.49. The Labute approximate surface area is 130 Å². The fraction of sp³-hybridized carbons (Fsp3) is 0.231. The number of anilines is 2. The Morgan fingerprint density at radius 1 is 1.13 bits per heavy atom. The third-order valence-corrected chi connectivity index (χ3v) is 4.15. The highest BCUT2D eigenvalue weighted by Crippen LogP contribution is 2.30. The van der Waals surface area contributed by atoms with Crippen LogP contribution in [0.25, 0.3) is 0 Å². The van der Waals surface area contributed by atoms with Gasteiger partial charge in [-0.1, -0.05) is 6.07 Å². The Balaban J connectivity index is 2.31. The van der Waals surface area contributed by atoms with Crippen LogP contribution in [0, 0.1) is 13.8 Å². The minimum Gasteiger partial charge on any atom is -0.320 e. The van der Waals surface area contributed by atoms with E-state index in [4.69, 9.17) is 0 Å². The Hall–Kier alpha value is -2.36. The van der Waals surface area contributed by atoms with Gasteiger partial charge in [-0.2, -0.15) is 21.6 Å². The van der Waals surface area contributed by atoms with Crippen LogP contribution < -0.4 is 10.0 Å². The number of carbonyl (C=O) groups is 1. The molecule has 0 aliphatic carbocycles. The number of carbonyl (C=O) groups excluding carboxylic acids is 1. The zero-order valence-electron chi connectivity index (χ0n) is 12.0. The third-order valence-electron chi connectivity index (χ3n) is 3.05. The standard InChI is InChI=1S/C13H12F3N3O3S/c1-7-5-8(2)11(19-23(21,22)13(14,15)16)6-10(7)18-12(20)9-3-4-17-9/h3-6,19H,1-2H3,(H,18,20). The van der Waals surface area contributed by atoms with Crippen molar-refractivity contribution >= 4 is 33.0 Å². The molecule has 1 aliphatic heterocycles. The molecule has 1 aliphatic rings. The molecule has 2 rings (SSSR count). The van der Waals surface area contributed by atoms with Gasteiger partial charge in [-0.05, 0) is 37.1 Å². The van der Waals surface area contributed by atoms with Crippen molar-refractivity contribution < 1.29 is 26.4 Å². The van der Waals surface area contributed by atoms with Crippen LogP contribution in [0.4, 0.5) is 24.5 Å². The summed E-state index contributed by atoms with van der Waals surface area (Å²) in [6.45, 7) is 3.08. The first kappa shape index (κ1) is 17.0. The van der Waals surface area contributed by atoms with Crippen molar-refractivity contribution in [1.29, 1.82) is 0 Å². The summed E-state index contributed by atoms with van der Waals surface area (Å²) in [5.41, 5.74) is -4.50. The predicted octanol–water partition coefficient (Wildman–Crippen LogP) is 2.47. The maximum absolute atomic E-state index is 12.5. The first-order chi connectivity index (χ1) is 10.5. The molecule has 0 saturated carbocycles. The van der Waals surface area contributed by atoms with E-state index in [9.17, 15) is 26.4 Å². The van der Waals surface area contributed by atoms with Crippen molar-refractivity contribution in [2.45, 2.75) is 19.4 Å². The van der Waals surface area contributed by atoms with Gasteiger partial charge < -0.3 is 5.32 Å². The van der Waals surface area contributed by atoms with Gasteiger partial charge in [0.1, 0.15) is 5.71 Å². The summed E-state index contributed by atoms with van der Waals surface area (Å²) >= 11 is 0. The molecule has 0 fully saturated rings. The second-order valence-electron chi connectivity index (χ2n) is 4.82. The van der Waals surface area contributed by atoms with Crippen molar-refractivity contribution in [2.24, 2.45) is 4.99 Å². The largest absolute Gasteiger partial charge is 0.516 e. The van der Waals surface area contributed by atoms with Crippen LogP contribution in [-0.4, -0.2) is 25.5 Å². The minimum atomic E-state index is -5.54. The van der Waals surface area contributed by atoms with Gasteiger partial charge in [0.2, 0.25) is 0 Å². The van der Waals surface area contributed by atoms with Crippen LogP contribution in [0.5, 0.6) is 0 Å². The Morgan fingerprint density at radius 3 is 2.17 bits per heavy atom. The summed E-state index contributed by atoms with van der Waals surface area (Å²) in [5, 5.41) is 2.47. The molecule has 1 amide bonds. The summed E-state index contributed by atoms with van der Waals surface area (Å²) in [4.78, 5) is 15.5. The summed E-state index contributed by atoms with van der Waals surface area (Å²) in [5.74, 6) is -0.538. The highest BCUT2D eigenvalue weighted by atomic mass is 32.2. The molecule has 2 N–H and O–H groups in total. The van der Waals surface area contributed by atoms with Crippen LogP contribution in [0.15, 0.2) is 29.4 Å². The molecule has 0 bridgehead atoms. The van der Waals surface area contributed by atoms with Crippen LogP contribution in [-0.2, 0) is 14.8 Å². The van der Waals surface area contributed by atoms with E-state index in [2.05, 4.69) is 10.3 Å². The van der Waals surface area contributed by atoms with Gasteiger partial charge in [0.15, 0.2) is 0 Å². The number of alkyl halides is 3. The van der Waals surface area contributed by atoms with Crippen LogP contribution >= 0.6 is 0 Å². The van der Waals surface area contributed by atoms with Crippen LogP contribution in [0.1, 0.15) is 11.1 Å². The van der Waals surface area contributed by atoms with E-state index < -0.39 is 21.4 Å². The topological polar surface area (TPSA) is 87.6 Å². The van der Waals surface area contributed by atoms with Crippen LogP contribution in [0.3, 0.4) is 0 Å². The van der Waals surface area contributed by atoms with E-state index in [-0.39, 0.29) is 22.6 Å². The number of amides is 1. The van der Waals surface area contributed by atoms with Crippen molar-refractivity contribution in [3.63, 3.8) is 0 Å². The Morgan fingerprint density at radius 2 is 1.70 bits per heavy atom. The van der Waals surface area contributed by atoms with Crippen molar-refractivity contribution in [3.05, 3.63) is 35.5 Å². The number of nitrogens with one attached hydrogen (secondary N) is 2. The number of aliphatic imine (C=N–C) groups is 1. The zero-order valence-corrected chi connectivity index (χ0v) is 12.8. The number of hydrogen-bond donors (Lipinski definition) is 2. The average Bonchev–Trinajstić information content (AvgIpc) is 2.31. The number of nitrogens with zero attached hydrogens (tertiary/aromatic N) is 1. The maximum atomic E-state index is 12.5. The molecule has 0 atom stereocenters. The highest BCUT2D eigenvalue weighted by Gasteiger charge is 2.46. The summed E-state index contributed by atoms with van der Waals surface area (Å²) in [6, 6.07) is 2.59. The lowest BCUT2D eigenvalue weighted by Gasteiger charge is -2.16. The van der Waals surface area contributed by atoms with Gasteiger partial charge in [-0.25, -0.2) is 0 Å². The first-order valence-electron chi connectivity index (χ1n) is 6.27. The number of aryl methyl sites for hydroxylation is 2. The van der Waals surface area contributed by atoms with Crippen LogP contribution in [0.2, 0.25) is 0 Å². The average molecular weight is 347 g/mol. The minimum absolute atomic E-state index is 0.169. The molecule has 1 aromatic carbocycles. The smallest absolute Gasteiger partial charge is 0.320 e. The monoisotopic (exact) mass is 347 g/mol. The molecule has 6 nitrogen and oxygen atoms in total. The summed E-state index contributed by atoms with van der Waals surface area (Å²) in [7, 11) is -5.54. The molecular formula is C13H12F3N3O3S. The second kappa shape index (κ2) is 5.69. The molecule has 0 radical (unpaired) electrons. The number of rotatable bonds is 4. The van der Waals surface area contributed by atoms with E-state index in [0.29, 0.717) is 5.56 Å². The molecule has 124 valence electrons. The van der Waals surface area contributed by atoms with E-state index >= 15 is 0 Å². The Kier molecular flexibility index (Phi) is 4.20. The van der Waals surface area contributed by atoms with Gasteiger partial charge in [-0.3, -0.25) is 14.5 Å². The van der Waals surface area contributed by atoms with Crippen molar-refractivity contribution in [3.8, 4) is 0 Å². The summed E-state index contributed by atoms with van der Waals surface area (Å²) in [6.07, 6.45) is 2.88. The van der Waals surface area contributed by atoms with Gasteiger partial charge >= 0.3 is 15.5 Å². The molecule has 1 aromatic rings. The van der Waals surface area contributed by atoms with Gasteiger partial charge in [0.25, 0.3) is 5.91 Å². The quantitative estimate of drug-likeness (QED) is 0.877. The van der Waals surface area contributed by atoms with Gasteiger partial charge in [-0.15, -0.1) is 0 Å². The SMILES string of the molecule is Cc1cc(C)c(NS(=O)(=O)C(F)(F)F)cc1NC(=O)C1=NC=C1. The zero-order chi connectivity index (χ0) is 17.4. The van der Waals surface area contributed by atoms with Crippen molar-refractivity contribution in [1.82, 2.24) is 0 Å². The lowest BCUT2D eigenvalue weighted by Crippen LogP contribution is -2.30. The number of sulfonamides is 1. The molecule has 23 heavy (non-hydrogen) atoms. The number of benzene rings is 1. The Bertz CT molecular complexity index is 827. The fourth-order valence-corrected chi connectivity index (χ4v) is 2.39. The lowest BCUT2D eigenvalue weighted by atomic mass is 10.1. The normalized spacial score (nSPS) is 14.0. The van der Waals surface area contributed by atoms with E-state index in [0.717, 1.165) is 6.07 Å². The van der Waals surface area contributed by atoms with Crippen molar-refractivity contribution in [2.75, 3.05) is 10.0 Å². The first-order valence-corrected chi connectivity index (χ1v) is 7.75. The molecule has 0 unspecified atom stereocenters. The number of halogens is 3.